The molecule has 1 unspecified atom stereocenters. The molecule has 1 atom stereocenters. The van der Waals surface area contributed by atoms with E-state index in [1.807, 2.05) is 30.3 Å². The van der Waals surface area contributed by atoms with Crippen LogP contribution in [0.1, 0.15) is 22.8 Å². The predicted molar refractivity (Wildman–Crippen MR) is 116 cm³/mol. The first-order valence-corrected chi connectivity index (χ1v) is 9.58. The van der Waals surface area contributed by atoms with Crippen LogP contribution in [0.4, 0.5) is 11.4 Å². The molecule has 0 aliphatic carbocycles. The quantitative estimate of drug-likeness (QED) is 0.425. The topological polar surface area (TPSA) is 111 Å². The minimum Gasteiger partial charge on any atom is -0.480 e. The first-order chi connectivity index (χ1) is 15.0. The minimum atomic E-state index is -0.997. The van der Waals surface area contributed by atoms with Crippen LogP contribution in [0, 0.1) is 10.1 Å². The molecule has 3 aromatic carbocycles. The zero-order chi connectivity index (χ0) is 22.2. The van der Waals surface area contributed by atoms with Gasteiger partial charge in [-0.3, -0.25) is 19.7 Å². The van der Waals surface area contributed by atoms with Gasteiger partial charge in [-0.2, -0.15) is 0 Å². The van der Waals surface area contributed by atoms with E-state index in [9.17, 15) is 19.7 Å². The molecule has 158 valence electrons. The smallest absolute Gasteiger partial charge is 0.292 e. The Kier molecular flexibility index (Phi) is 6.95. The largest absolute Gasteiger partial charge is 0.480 e. The van der Waals surface area contributed by atoms with Crippen molar-refractivity contribution in [2.24, 2.45) is 0 Å². The maximum Gasteiger partial charge on any atom is 0.292 e. The number of nitro groups is 1. The van der Waals surface area contributed by atoms with Gasteiger partial charge in [0.05, 0.1) is 10.5 Å². The number of carbonyl (C=O) groups is 2. The Morgan fingerprint density at radius 1 is 0.968 bits per heavy atom. The second-order valence-electron chi connectivity index (χ2n) is 6.69. The molecule has 3 rings (SSSR count). The number of nitrogens with zero attached hydrogens (tertiary/aromatic N) is 1. The number of nitrogens with one attached hydrogen (secondary N) is 2. The number of ether oxygens (including phenoxy) is 1. The van der Waals surface area contributed by atoms with Crippen molar-refractivity contribution in [3.63, 3.8) is 0 Å². The van der Waals surface area contributed by atoms with E-state index in [1.165, 1.54) is 25.1 Å². The Morgan fingerprint density at radius 3 is 2.35 bits per heavy atom. The summed E-state index contributed by atoms with van der Waals surface area (Å²) in [6.45, 7) is 1.85. The Labute approximate surface area is 179 Å². The third kappa shape index (κ3) is 5.66. The van der Waals surface area contributed by atoms with Crippen molar-refractivity contribution in [3.05, 3.63) is 100 Å². The fourth-order valence-corrected chi connectivity index (χ4v) is 2.85. The summed E-state index contributed by atoms with van der Waals surface area (Å²) in [7, 11) is 0. The zero-order valence-electron chi connectivity index (χ0n) is 16.8. The number of hydrogen-bond donors (Lipinski definition) is 2. The molecule has 8 nitrogen and oxygen atoms in total. The summed E-state index contributed by atoms with van der Waals surface area (Å²) in [5.41, 5.74) is 1.08. The highest BCUT2D eigenvalue weighted by Crippen LogP contribution is 2.24. The monoisotopic (exact) mass is 419 g/mol. The third-order valence-corrected chi connectivity index (χ3v) is 4.46. The summed E-state index contributed by atoms with van der Waals surface area (Å²) in [6, 6.07) is 21.9. The molecule has 0 bridgehead atoms. The van der Waals surface area contributed by atoms with E-state index >= 15 is 0 Å². The first kappa shape index (κ1) is 21.5. The molecular formula is C23H21N3O5. The SMILES string of the molecule is CC(Oc1ccccc1C(=O)NCc1ccccc1)C(=O)Nc1ccccc1[N+](=O)[O-]. The van der Waals surface area contributed by atoms with Crippen molar-refractivity contribution in [3.8, 4) is 5.75 Å². The van der Waals surface area contributed by atoms with Crippen molar-refractivity contribution in [1.82, 2.24) is 5.32 Å². The van der Waals surface area contributed by atoms with Crippen LogP contribution in [0.2, 0.25) is 0 Å². The fraction of sp³-hybridized carbons (Fsp3) is 0.130. The average molecular weight is 419 g/mol. The van der Waals surface area contributed by atoms with Crippen molar-refractivity contribution in [2.75, 3.05) is 5.32 Å². The van der Waals surface area contributed by atoms with E-state index < -0.39 is 16.9 Å². The number of hydrogen-bond acceptors (Lipinski definition) is 5. The van der Waals surface area contributed by atoms with Gasteiger partial charge in [-0.15, -0.1) is 0 Å². The summed E-state index contributed by atoms with van der Waals surface area (Å²) < 4.78 is 5.71. The average Bonchev–Trinajstić information content (AvgIpc) is 2.78. The number of carbonyl (C=O) groups excluding carboxylic acids is 2. The van der Waals surface area contributed by atoms with Gasteiger partial charge in [0.15, 0.2) is 6.10 Å². The lowest BCUT2D eigenvalue weighted by atomic mass is 10.1. The molecule has 2 N–H and O–H groups in total. The van der Waals surface area contributed by atoms with Crippen LogP contribution in [-0.2, 0) is 11.3 Å². The van der Waals surface area contributed by atoms with Crippen LogP contribution in [-0.4, -0.2) is 22.8 Å². The van der Waals surface area contributed by atoms with Gasteiger partial charge in [0, 0.05) is 12.6 Å². The van der Waals surface area contributed by atoms with Crippen molar-refractivity contribution in [2.45, 2.75) is 19.6 Å². The Bertz CT molecular complexity index is 1090. The molecule has 0 fully saturated rings. The van der Waals surface area contributed by atoms with E-state index in [1.54, 1.807) is 30.3 Å². The molecule has 0 aromatic heterocycles. The molecule has 0 radical (unpaired) electrons. The molecule has 0 aliphatic rings. The highest BCUT2D eigenvalue weighted by Gasteiger charge is 2.22. The lowest BCUT2D eigenvalue weighted by Gasteiger charge is -2.17. The standard InChI is InChI=1S/C23H21N3O5/c1-16(22(27)25-19-12-6-7-13-20(19)26(29)30)31-21-14-8-5-11-18(21)23(28)24-15-17-9-3-2-4-10-17/h2-14,16H,15H2,1H3,(H,24,28)(H,25,27). The lowest BCUT2D eigenvalue weighted by molar-refractivity contribution is -0.383. The van der Waals surface area contributed by atoms with E-state index in [-0.39, 0.29) is 28.6 Å². The molecule has 0 saturated heterocycles. The summed E-state index contributed by atoms with van der Waals surface area (Å²) in [5.74, 6) is -0.683. The highest BCUT2D eigenvalue weighted by atomic mass is 16.6. The Morgan fingerprint density at radius 2 is 1.61 bits per heavy atom. The molecule has 31 heavy (non-hydrogen) atoms. The van der Waals surface area contributed by atoms with Gasteiger partial charge in [-0.1, -0.05) is 54.6 Å². The van der Waals surface area contributed by atoms with Gasteiger partial charge in [0.2, 0.25) is 0 Å². The normalized spacial score (nSPS) is 11.3. The van der Waals surface area contributed by atoms with Gasteiger partial charge in [0.1, 0.15) is 11.4 Å². The van der Waals surface area contributed by atoms with Crippen molar-refractivity contribution < 1.29 is 19.2 Å². The van der Waals surface area contributed by atoms with Gasteiger partial charge >= 0.3 is 0 Å². The zero-order valence-corrected chi connectivity index (χ0v) is 16.8. The number of nitro benzene ring substituents is 1. The second kappa shape index (κ2) is 10.0. The molecule has 0 spiro atoms. The van der Waals surface area contributed by atoms with Crippen LogP contribution in [0.3, 0.4) is 0 Å². The van der Waals surface area contributed by atoms with Gasteiger partial charge in [-0.05, 0) is 30.7 Å². The molecule has 3 aromatic rings. The second-order valence-corrected chi connectivity index (χ2v) is 6.69. The lowest BCUT2D eigenvalue weighted by Crippen LogP contribution is -2.31. The van der Waals surface area contributed by atoms with Gasteiger partial charge in [-0.25, -0.2) is 0 Å². The van der Waals surface area contributed by atoms with E-state index in [2.05, 4.69) is 10.6 Å². The number of benzene rings is 3. The van der Waals surface area contributed by atoms with E-state index in [0.717, 1.165) is 5.56 Å². The summed E-state index contributed by atoms with van der Waals surface area (Å²) in [4.78, 5) is 35.7. The fourth-order valence-electron chi connectivity index (χ4n) is 2.85. The molecular weight excluding hydrogens is 398 g/mol. The predicted octanol–water partition coefficient (Wildman–Crippen LogP) is 3.93. The van der Waals surface area contributed by atoms with Crippen LogP contribution in [0.25, 0.3) is 0 Å². The molecule has 0 saturated carbocycles. The molecule has 8 heteroatoms. The number of rotatable bonds is 8. The van der Waals surface area contributed by atoms with Crippen molar-refractivity contribution in [1.29, 1.82) is 0 Å². The van der Waals surface area contributed by atoms with Crippen LogP contribution in [0.5, 0.6) is 5.75 Å². The van der Waals surface area contributed by atoms with Crippen molar-refractivity contribution >= 4 is 23.2 Å². The first-order valence-electron chi connectivity index (χ1n) is 9.58. The minimum absolute atomic E-state index is 0.0711. The highest BCUT2D eigenvalue weighted by molar-refractivity contribution is 5.98. The third-order valence-electron chi connectivity index (χ3n) is 4.46. The van der Waals surface area contributed by atoms with E-state index in [0.29, 0.717) is 6.54 Å². The maximum atomic E-state index is 12.6. The number of amides is 2. The maximum absolute atomic E-state index is 12.6. The molecule has 2 amide bonds. The van der Waals surface area contributed by atoms with Crippen LogP contribution >= 0.6 is 0 Å². The molecule has 0 heterocycles. The summed E-state index contributed by atoms with van der Waals surface area (Å²) >= 11 is 0. The summed E-state index contributed by atoms with van der Waals surface area (Å²) in [6.07, 6.45) is -0.997. The summed E-state index contributed by atoms with van der Waals surface area (Å²) in [5, 5.41) is 16.5. The van der Waals surface area contributed by atoms with E-state index in [4.69, 9.17) is 4.74 Å². The van der Waals surface area contributed by atoms with Crippen LogP contribution in [0.15, 0.2) is 78.9 Å². The molecule has 0 aliphatic heterocycles. The Balaban J connectivity index is 1.68. The number of para-hydroxylation sites is 3. The van der Waals surface area contributed by atoms with Gasteiger partial charge in [0.25, 0.3) is 17.5 Å². The van der Waals surface area contributed by atoms with Gasteiger partial charge < -0.3 is 15.4 Å². The Hall–Kier alpha value is -4.20. The number of anilines is 1. The van der Waals surface area contributed by atoms with Crippen LogP contribution < -0.4 is 15.4 Å².